The maximum absolute atomic E-state index is 13.4. The van der Waals surface area contributed by atoms with Crippen LogP contribution in [0.2, 0.25) is 0 Å². The van der Waals surface area contributed by atoms with Crippen molar-refractivity contribution in [3.63, 3.8) is 0 Å². The van der Waals surface area contributed by atoms with E-state index in [9.17, 15) is 9.59 Å². The number of benzene rings is 2. The van der Waals surface area contributed by atoms with Gasteiger partial charge in [0.05, 0.1) is 31.7 Å². The first-order valence-electron chi connectivity index (χ1n) is 11.3. The van der Waals surface area contributed by atoms with E-state index < -0.39 is 0 Å². The van der Waals surface area contributed by atoms with E-state index in [1.54, 1.807) is 29.2 Å². The van der Waals surface area contributed by atoms with Crippen molar-refractivity contribution in [3.8, 4) is 11.5 Å². The van der Waals surface area contributed by atoms with Crippen LogP contribution in [0.25, 0.3) is 0 Å². The third kappa shape index (κ3) is 7.03. The highest BCUT2D eigenvalue weighted by atomic mass is 32.2. The van der Waals surface area contributed by atoms with Crippen LogP contribution in [0.4, 0.5) is 0 Å². The first-order valence-corrected chi connectivity index (χ1v) is 12.2. The van der Waals surface area contributed by atoms with Crippen LogP contribution in [-0.4, -0.2) is 61.0 Å². The highest BCUT2D eigenvalue weighted by Crippen LogP contribution is 2.33. The summed E-state index contributed by atoms with van der Waals surface area (Å²) in [5.74, 6) is 1.93. The van der Waals surface area contributed by atoms with Crippen LogP contribution >= 0.6 is 11.8 Å². The van der Waals surface area contributed by atoms with E-state index in [4.69, 9.17) is 18.6 Å². The summed E-state index contributed by atoms with van der Waals surface area (Å²) < 4.78 is 21.5. The van der Waals surface area contributed by atoms with Crippen molar-refractivity contribution in [2.45, 2.75) is 18.0 Å². The molecule has 0 spiro atoms. The Bertz CT molecular complexity index is 1110. The minimum absolute atomic E-state index is 0.0528. The number of carbonyl (C=O) groups is 2. The van der Waals surface area contributed by atoms with Crippen LogP contribution in [0.15, 0.2) is 76.2 Å². The van der Waals surface area contributed by atoms with Crippen molar-refractivity contribution in [1.29, 1.82) is 0 Å². The Hall–Kier alpha value is -3.43. The lowest BCUT2D eigenvalue weighted by molar-refractivity contribution is -0.140. The van der Waals surface area contributed by atoms with E-state index in [1.165, 1.54) is 11.8 Å². The van der Waals surface area contributed by atoms with Gasteiger partial charge in [0, 0.05) is 25.1 Å². The molecule has 2 amide bonds. The minimum atomic E-state index is -0.187. The van der Waals surface area contributed by atoms with Crippen molar-refractivity contribution < 1.29 is 28.2 Å². The number of amides is 2. The fourth-order valence-electron chi connectivity index (χ4n) is 3.59. The van der Waals surface area contributed by atoms with Gasteiger partial charge in [-0.25, -0.2) is 0 Å². The molecule has 0 unspecified atom stereocenters. The monoisotopic (exact) mass is 496 g/mol. The first kappa shape index (κ1) is 24.7. The zero-order valence-corrected chi connectivity index (χ0v) is 20.4. The number of methoxy groups -OCH3 is 1. The Morgan fingerprint density at radius 2 is 1.77 bits per heavy atom. The summed E-state index contributed by atoms with van der Waals surface area (Å²) in [7, 11) is 1.58. The number of thioether (sulfide) groups is 1. The van der Waals surface area contributed by atoms with Crippen molar-refractivity contribution in [3.05, 3.63) is 78.3 Å². The predicted molar refractivity (Wildman–Crippen MR) is 131 cm³/mol. The number of ether oxygens (including phenoxy) is 3. The lowest BCUT2D eigenvalue weighted by atomic mass is 10.2. The van der Waals surface area contributed by atoms with Crippen molar-refractivity contribution in [2.75, 3.05) is 39.4 Å². The Morgan fingerprint density at radius 1 is 0.943 bits per heavy atom. The predicted octanol–water partition coefficient (Wildman–Crippen LogP) is 3.80. The third-order valence-electron chi connectivity index (χ3n) is 5.44. The van der Waals surface area contributed by atoms with Crippen molar-refractivity contribution >= 4 is 23.6 Å². The van der Waals surface area contributed by atoms with Crippen LogP contribution in [0.5, 0.6) is 11.5 Å². The molecule has 1 aromatic heterocycles. The lowest BCUT2D eigenvalue weighted by Gasteiger charge is -2.27. The highest BCUT2D eigenvalue weighted by Gasteiger charge is 2.23. The number of rotatable bonds is 12. The molecule has 0 atom stereocenters. The number of nitrogens with zero attached hydrogens (tertiary/aromatic N) is 2. The largest absolute Gasteiger partial charge is 0.467 e. The van der Waals surface area contributed by atoms with Gasteiger partial charge >= 0.3 is 0 Å². The second-order valence-electron chi connectivity index (χ2n) is 7.93. The Balaban J connectivity index is 1.45. The van der Waals surface area contributed by atoms with Gasteiger partial charge in [-0.2, -0.15) is 0 Å². The zero-order valence-electron chi connectivity index (χ0n) is 19.6. The number of furan rings is 1. The maximum Gasteiger partial charge on any atom is 0.242 e. The van der Waals surface area contributed by atoms with Gasteiger partial charge in [-0.3, -0.25) is 9.59 Å². The molecule has 0 saturated carbocycles. The van der Waals surface area contributed by atoms with Gasteiger partial charge in [-0.1, -0.05) is 24.3 Å². The summed E-state index contributed by atoms with van der Waals surface area (Å²) in [6.07, 6.45) is 1.58. The fraction of sp³-hybridized carbons (Fsp3) is 0.308. The van der Waals surface area contributed by atoms with Crippen LogP contribution in [0.1, 0.15) is 11.3 Å². The SMILES string of the molecule is COCCN(CC(=O)N(Cc1ccc2c(c1)OCO2)Cc1ccco1)C(=O)CSc1ccccc1. The molecule has 3 aromatic rings. The van der Waals surface area contributed by atoms with Gasteiger partial charge in [0.15, 0.2) is 11.5 Å². The van der Waals surface area contributed by atoms with Crippen LogP contribution in [0.3, 0.4) is 0 Å². The summed E-state index contributed by atoms with van der Waals surface area (Å²) in [4.78, 5) is 30.7. The fourth-order valence-corrected chi connectivity index (χ4v) is 4.41. The normalized spacial score (nSPS) is 11.9. The van der Waals surface area contributed by atoms with Crippen LogP contribution in [-0.2, 0) is 27.4 Å². The molecule has 2 aromatic carbocycles. The van der Waals surface area contributed by atoms with Crippen molar-refractivity contribution in [2.24, 2.45) is 0 Å². The molecule has 0 aliphatic carbocycles. The third-order valence-corrected chi connectivity index (χ3v) is 6.44. The molecular formula is C26H28N2O6S. The van der Waals surface area contributed by atoms with E-state index in [2.05, 4.69) is 0 Å². The topological polar surface area (TPSA) is 81.5 Å². The molecule has 8 nitrogen and oxygen atoms in total. The lowest BCUT2D eigenvalue weighted by Crippen LogP contribution is -2.44. The molecule has 0 radical (unpaired) electrons. The second-order valence-corrected chi connectivity index (χ2v) is 8.98. The second kappa shape index (κ2) is 12.3. The maximum atomic E-state index is 13.4. The smallest absolute Gasteiger partial charge is 0.242 e. The number of carbonyl (C=O) groups excluding carboxylic acids is 2. The van der Waals surface area contributed by atoms with E-state index in [1.807, 2.05) is 54.6 Å². The summed E-state index contributed by atoms with van der Waals surface area (Å²) in [6.45, 7) is 1.42. The molecule has 4 rings (SSSR count). The Kier molecular flexibility index (Phi) is 8.69. The molecule has 0 fully saturated rings. The molecule has 0 bridgehead atoms. The van der Waals surface area contributed by atoms with Crippen LogP contribution < -0.4 is 9.47 Å². The van der Waals surface area contributed by atoms with Crippen molar-refractivity contribution in [1.82, 2.24) is 9.80 Å². The standard InChI is InChI=1S/C26H28N2O6S/c1-31-13-11-27(26(30)18-35-22-7-3-2-4-8-22)17-25(29)28(16-21-6-5-12-32-21)15-20-9-10-23-24(14-20)34-19-33-23/h2-10,12,14H,11,13,15-19H2,1H3. The van der Waals surface area contributed by atoms with Gasteiger partial charge in [0.25, 0.3) is 0 Å². The number of fused-ring (bicyclic) bond motifs is 1. The molecule has 1 aliphatic rings. The Labute approximate surface area is 208 Å². The summed E-state index contributed by atoms with van der Waals surface area (Å²) in [5.41, 5.74) is 0.892. The van der Waals surface area contributed by atoms with Gasteiger partial charge in [0.1, 0.15) is 5.76 Å². The van der Waals surface area contributed by atoms with Crippen LogP contribution in [0, 0.1) is 0 Å². The average molecular weight is 497 g/mol. The number of hydrogen-bond donors (Lipinski definition) is 0. The quantitative estimate of drug-likeness (QED) is 0.353. The van der Waals surface area contributed by atoms with Gasteiger partial charge < -0.3 is 28.4 Å². The Morgan fingerprint density at radius 3 is 2.54 bits per heavy atom. The molecule has 9 heteroatoms. The zero-order chi connectivity index (χ0) is 24.5. The molecular weight excluding hydrogens is 468 g/mol. The molecule has 1 aliphatic heterocycles. The van der Waals surface area contributed by atoms with E-state index in [0.29, 0.717) is 37.0 Å². The van der Waals surface area contributed by atoms with Gasteiger partial charge in [0.2, 0.25) is 18.6 Å². The molecule has 0 N–H and O–H groups in total. The van der Waals surface area contributed by atoms with Gasteiger partial charge in [-0.15, -0.1) is 11.8 Å². The molecule has 2 heterocycles. The number of hydrogen-bond acceptors (Lipinski definition) is 7. The molecule has 184 valence electrons. The average Bonchev–Trinajstić information content (AvgIpc) is 3.57. The highest BCUT2D eigenvalue weighted by molar-refractivity contribution is 8.00. The summed E-state index contributed by atoms with van der Waals surface area (Å²) in [5, 5.41) is 0. The molecule has 35 heavy (non-hydrogen) atoms. The van der Waals surface area contributed by atoms with E-state index in [-0.39, 0.29) is 37.4 Å². The summed E-state index contributed by atoms with van der Waals surface area (Å²) >= 11 is 1.45. The van der Waals surface area contributed by atoms with E-state index in [0.717, 1.165) is 10.5 Å². The molecule has 0 saturated heterocycles. The van der Waals surface area contributed by atoms with Gasteiger partial charge in [-0.05, 0) is 42.0 Å². The minimum Gasteiger partial charge on any atom is -0.467 e. The van der Waals surface area contributed by atoms with E-state index >= 15 is 0 Å². The first-order chi connectivity index (χ1) is 17.1. The summed E-state index contributed by atoms with van der Waals surface area (Å²) in [6, 6.07) is 18.9.